The molecule has 0 atom stereocenters. The molecule has 1 aromatic heterocycles. The number of pyridine rings is 1. The van der Waals surface area contributed by atoms with Crippen molar-refractivity contribution in [3.63, 3.8) is 0 Å². The van der Waals surface area contributed by atoms with Gasteiger partial charge in [0.15, 0.2) is 0 Å². The highest BCUT2D eigenvalue weighted by molar-refractivity contribution is 6.31. The minimum Gasteiger partial charge on any atom is -0.392 e. The van der Waals surface area contributed by atoms with Crippen LogP contribution < -0.4 is 0 Å². The van der Waals surface area contributed by atoms with E-state index in [0.717, 1.165) is 27.7 Å². The van der Waals surface area contributed by atoms with Crippen molar-refractivity contribution >= 4 is 22.5 Å². The molecule has 0 amide bonds. The van der Waals surface area contributed by atoms with E-state index in [1.54, 1.807) is 0 Å². The maximum atomic E-state index is 9.45. The van der Waals surface area contributed by atoms with Crippen LogP contribution in [0.4, 0.5) is 0 Å². The Kier molecular flexibility index (Phi) is 3.36. The van der Waals surface area contributed by atoms with Crippen LogP contribution in [-0.4, -0.2) is 10.1 Å². The Balaban J connectivity index is 2.82. The van der Waals surface area contributed by atoms with Crippen LogP contribution in [0.2, 0.25) is 5.02 Å². The minimum absolute atomic E-state index is 0.0124. The zero-order valence-electron chi connectivity index (χ0n) is 10.3. The molecule has 0 saturated carbocycles. The van der Waals surface area contributed by atoms with Crippen molar-refractivity contribution in [2.45, 2.75) is 33.3 Å². The van der Waals surface area contributed by atoms with Crippen LogP contribution in [0.25, 0.3) is 10.9 Å². The van der Waals surface area contributed by atoms with Gasteiger partial charge in [-0.1, -0.05) is 25.4 Å². The van der Waals surface area contributed by atoms with Crippen LogP contribution in [0.5, 0.6) is 0 Å². The lowest BCUT2D eigenvalue weighted by molar-refractivity contribution is 0.283. The number of benzene rings is 1. The number of rotatable bonds is 2. The zero-order valence-corrected chi connectivity index (χ0v) is 11.0. The molecule has 0 radical (unpaired) electrons. The van der Waals surface area contributed by atoms with Crippen molar-refractivity contribution in [2.24, 2.45) is 0 Å². The standard InChI is InChI=1S/C14H16ClNO/c1-8(2)13-5-10(7-17)12-6-11(15)4-9(3)14(12)16-13/h4-6,8,17H,7H2,1-3H3. The van der Waals surface area contributed by atoms with Crippen LogP contribution in [0.3, 0.4) is 0 Å². The summed E-state index contributed by atoms with van der Waals surface area (Å²) in [5.41, 5.74) is 3.88. The Labute approximate surface area is 106 Å². The minimum atomic E-state index is 0.0124. The molecular formula is C14H16ClNO. The molecule has 0 fully saturated rings. The van der Waals surface area contributed by atoms with E-state index in [1.807, 2.05) is 25.1 Å². The average Bonchev–Trinajstić information content (AvgIpc) is 2.27. The molecule has 0 spiro atoms. The van der Waals surface area contributed by atoms with Crippen molar-refractivity contribution in [1.29, 1.82) is 0 Å². The number of fused-ring (bicyclic) bond motifs is 1. The highest BCUT2D eigenvalue weighted by Crippen LogP contribution is 2.27. The molecule has 2 nitrogen and oxygen atoms in total. The molecule has 0 bridgehead atoms. The van der Waals surface area contributed by atoms with Gasteiger partial charge in [-0.2, -0.15) is 0 Å². The van der Waals surface area contributed by atoms with Crippen LogP contribution in [-0.2, 0) is 6.61 Å². The summed E-state index contributed by atoms with van der Waals surface area (Å²) in [6, 6.07) is 5.73. The molecule has 1 heterocycles. The number of aliphatic hydroxyl groups excluding tert-OH is 1. The quantitative estimate of drug-likeness (QED) is 0.878. The first-order chi connectivity index (χ1) is 8.02. The van der Waals surface area contributed by atoms with Gasteiger partial charge < -0.3 is 5.11 Å². The van der Waals surface area contributed by atoms with E-state index in [0.29, 0.717) is 10.9 Å². The van der Waals surface area contributed by atoms with E-state index in [2.05, 4.69) is 18.8 Å². The summed E-state index contributed by atoms with van der Waals surface area (Å²) in [6.07, 6.45) is 0. The van der Waals surface area contributed by atoms with Gasteiger partial charge in [-0.15, -0.1) is 0 Å². The lowest BCUT2D eigenvalue weighted by Gasteiger charge is -2.12. The molecule has 3 heteroatoms. The number of aliphatic hydroxyl groups is 1. The monoisotopic (exact) mass is 249 g/mol. The van der Waals surface area contributed by atoms with Crippen molar-refractivity contribution < 1.29 is 5.11 Å². The van der Waals surface area contributed by atoms with E-state index < -0.39 is 0 Å². The van der Waals surface area contributed by atoms with Crippen molar-refractivity contribution in [3.8, 4) is 0 Å². The van der Waals surface area contributed by atoms with E-state index in [9.17, 15) is 5.11 Å². The summed E-state index contributed by atoms with van der Waals surface area (Å²) in [5.74, 6) is 0.347. The molecule has 90 valence electrons. The lowest BCUT2D eigenvalue weighted by Crippen LogP contribution is -1.99. The van der Waals surface area contributed by atoms with Gasteiger partial charge in [0, 0.05) is 16.1 Å². The first-order valence-electron chi connectivity index (χ1n) is 5.73. The van der Waals surface area contributed by atoms with E-state index in [1.165, 1.54) is 0 Å². The molecule has 2 aromatic rings. The number of nitrogens with zero attached hydrogens (tertiary/aromatic N) is 1. The van der Waals surface area contributed by atoms with Gasteiger partial charge in [-0.3, -0.25) is 4.98 Å². The largest absolute Gasteiger partial charge is 0.392 e. The first kappa shape index (κ1) is 12.3. The third-order valence-corrected chi connectivity index (χ3v) is 3.15. The fourth-order valence-corrected chi connectivity index (χ4v) is 2.25. The summed E-state index contributed by atoms with van der Waals surface area (Å²) in [5, 5.41) is 11.1. The summed E-state index contributed by atoms with van der Waals surface area (Å²) in [6.45, 7) is 6.20. The lowest BCUT2D eigenvalue weighted by atomic mass is 10.0. The van der Waals surface area contributed by atoms with Crippen LogP contribution in [0.1, 0.15) is 36.6 Å². The van der Waals surface area contributed by atoms with E-state index >= 15 is 0 Å². The highest BCUT2D eigenvalue weighted by atomic mass is 35.5. The summed E-state index contributed by atoms with van der Waals surface area (Å²) < 4.78 is 0. The SMILES string of the molecule is Cc1cc(Cl)cc2c(CO)cc(C(C)C)nc12. The molecule has 1 aromatic carbocycles. The van der Waals surface area contributed by atoms with Crippen molar-refractivity contribution in [2.75, 3.05) is 0 Å². The van der Waals surface area contributed by atoms with Gasteiger partial charge in [0.1, 0.15) is 0 Å². The zero-order chi connectivity index (χ0) is 12.6. The van der Waals surface area contributed by atoms with Gasteiger partial charge in [0.05, 0.1) is 12.1 Å². The molecule has 0 aliphatic carbocycles. The number of hydrogen-bond donors (Lipinski definition) is 1. The normalized spacial score (nSPS) is 11.4. The van der Waals surface area contributed by atoms with Gasteiger partial charge >= 0.3 is 0 Å². The van der Waals surface area contributed by atoms with Crippen LogP contribution in [0, 0.1) is 6.92 Å². The molecule has 2 rings (SSSR count). The molecule has 0 saturated heterocycles. The first-order valence-corrected chi connectivity index (χ1v) is 6.11. The predicted molar refractivity (Wildman–Crippen MR) is 71.5 cm³/mol. The van der Waals surface area contributed by atoms with Crippen LogP contribution in [0.15, 0.2) is 18.2 Å². The fraction of sp³-hybridized carbons (Fsp3) is 0.357. The number of hydrogen-bond acceptors (Lipinski definition) is 2. The van der Waals surface area contributed by atoms with Gasteiger partial charge in [-0.05, 0) is 42.2 Å². The maximum absolute atomic E-state index is 9.45. The number of aryl methyl sites for hydroxylation is 1. The fourth-order valence-electron chi connectivity index (χ4n) is 1.97. The Bertz CT molecular complexity index is 564. The molecule has 0 unspecified atom stereocenters. The van der Waals surface area contributed by atoms with Crippen LogP contribution >= 0.6 is 11.6 Å². The third-order valence-electron chi connectivity index (χ3n) is 2.94. The third kappa shape index (κ3) is 2.28. The maximum Gasteiger partial charge on any atom is 0.0739 e. The molecule has 17 heavy (non-hydrogen) atoms. The second kappa shape index (κ2) is 4.63. The second-order valence-corrected chi connectivity index (χ2v) is 5.07. The topological polar surface area (TPSA) is 33.1 Å². The predicted octanol–water partition coefficient (Wildman–Crippen LogP) is 3.81. The van der Waals surface area contributed by atoms with Gasteiger partial charge in [0.2, 0.25) is 0 Å². The summed E-state index contributed by atoms with van der Waals surface area (Å²) >= 11 is 6.05. The van der Waals surface area contributed by atoms with E-state index in [-0.39, 0.29) is 6.61 Å². The average molecular weight is 250 g/mol. The second-order valence-electron chi connectivity index (χ2n) is 4.64. The van der Waals surface area contributed by atoms with Gasteiger partial charge in [0.25, 0.3) is 0 Å². The molecule has 1 N–H and O–H groups in total. The molecule has 0 aliphatic heterocycles. The van der Waals surface area contributed by atoms with Gasteiger partial charge in [-0.25, -0.2) is 0 Å². The Hall–Kier alpha value is -1.12. The van der Waals surface area contributed by atoms with E-state index in [4.69, 9.17) is 11.6 Å². The number of aromatic nitrogens is 1. The Morgan fingerprint density at radius 2 is 2.00 bits per heavy atom. The molecular weight excluding hydrogens is 234 g/mol. The smallest absolute Gasteiger partial charge is 0.0739 e. The Morgan fingerprint density at radius 1 is 1.29 bits per heavy atom. The molecule has 0 aliphatic rings. The summed E-state index contributed by atoms with van der Waals surface area (Å²) in [4.78, 5) is 4.65. The summed E-state index contributed by atoms with van der Waals surface area (Å²) in [7, 11) is 0. The van der Waals surface area contributed by atoms with Crippen molar-refractivity contribution in [1.82, 2.24) is 4.98 Å². The van der Waals surface area contributed by atoms with Crippen molar-refractivity contribution in [3.05, 3.63) is 40.0 Å². The Morgan fingerprint density at radius 3 is 2.59 bits per heavy atom. The number of halogens is 1. The highest BCUT2D eigenvalue weighted by Gasteiger charge is 2.10.